The van der Waals surface area contributed by atoms with Gasteiger partial charge in [0.05, 0.1) is 6.61 Å². The quantitative estimate of drug-likeness (QED) is 0.934. The summed E-state index contributed by atoms with van der Waals surface area (Å²) in [7, 11) is 0. The fourth-order valence-electron chi connectivity index (χ4n) is 3.34. The fourth-order valence-corrected chi connectivity index (χ4v) is 3.34. The molecular formula is C17H25N3O2. The smallest absolute Gasteiger partial charge is 0.321 e. The van der Waals surface area contributed by atoms with Gasteiger partial charge in [-0.05, 0) is 50.6 Å². The number of hydrogen-bond acceptors (Lipinski definition) is 3. The summed E-state index contributed by atoms with van der Waals surface area (Å²) in [5, 5.41) is 2.99. The van der Waals surface area contributed by atoms with Crippen LogP contribution >= 0.6 is 0 Å². The zero-order valence-corrected chi connectivity index (χ0v) is 13.3. The molecule has 0 aromatic heterocycles. The first-order chi connectivity index (χ1) is 10.8. The van der Waals surface area contributed by atoms with E-state index in [2.05, 4.69) is 10.2 Å². The third-order valence-corrected chi connectivity index (χ3v) is 4.54. The topological polar surface area (TPSA) is 44.8 Å². The molecule has 3 rings (SSSR count). The number of ether oxygens (including phenoxy) is 1. The monoisotopic (exact) mass is 303 g/mol. The van der Waals surface area contributed by atoms with Crippen molar-refractivity contribution in [2.24, 2.45) is 0 Å². The first kappa shape index (κ1) is 15.2. The van der Waals surface area contributed by atoms with Gasteiger partial charge in [0.1, 0.15) is 5.75 Å². The van der Waals surface area contributed by atoms with E-state index in [1.54, 1.807) is 0 Å². The van der Waals surface area contributed by atoms with Gasteiger partial charge in [-0.3, -0.25) is 4.90 Å². The van der Waals surface area contributed by atoms with Crippen LogP contribution in [0, 0.1) is 0 Å². The molecule has 1 atom stereocenters. The van der Waals surface area contributed by atoms with Gasteiger partial charge in [0.2, 0.25) is 0 Å². The van der Waals surface area contributed by atoms with Gasteiger partial charge in [-0.25, -0.2) is 4.79 Å². The highest BCUT2D eigenvalue weighted by atomic mass is 16.5. The zero-order valence-electron chi connectivity index (χ0n) is 13.3. The molecule has 22 heavy (non-hydrogen) atoms. The van der Waals surface area contributed by atoms with Gasteiger partial charge in [-0.15, -0.1) is 0 Å². The van der Waals surface area contributed by atoms with Crippen molar-refractivity contribution in [3.05, 3.63) is 24.3 Å². The molecule has 2 amide bonds. The molecular weight excluding hydrogens is 278 g/mol. The van der Waals surface area contributed by atoms with Crippen LogP contribution in [0.1, 0.15) is 26.2 Å². The number of amides is 2. The lowest BCUT2D eigenvalue weighted by Gasteiger charge is -2.43. The van der Waals surface area contributed by atoms with Crippen LogP contribution in [0.4, 0.5) is 10.5 Å². The minimum absolute atomic E-state index is 0.00869. The Labute approximate surface area is 132 Å². The molecule has 0 unspecified atom stereocenters. The van der Waals surface area contributed by atoms with E-state index >= 15 is 0 Å². The van der Waals surface area contributed by atoms with Crippen LogP contribution in [-0.2, 0) is 0 Å². The normalized spacial score (nSPS) is 22.0. The van der Waals surface area contributed by atoms with Crippen molar-refractivity contribution in [3.63, 3.8) is 0 Å². The molecule has 0 aliphatic carbocycles. The third kappa shape index (κ3) is 3.53. The predicted octanol–water partition coefficient (Wildman–Crippen LogP) is 2.79. The minimum Gasteiger partial charge on any atom is -0.494 e. The molecule has 0 spiro atoms. The molecule has 0 bridgehead atoms. The molecule has 1 aromatic rings. The molecule has 2 saturated heterocycles. The molecule has 1 N–H and O–H groups in total. The first-order valence-corrected chi connectivity index (χ1v) is 8.29. The van der Waals surface area contributed by atoms with Crippen molar-refractivity contribution in [2.75, 3.05) is 38.1 Å². The second kappa shape index (κ2) is 7.01. The van der Waals surface area contributed by atoms with Gasteiger partial charge in [0, 0.05) is 31.4 Å². The zero-order chi connectivity index (χ0) is 15.4. The maximum absolute atomic E-state index is 12.4. The number of urea groups is 1. The second-order valence-electron chi connectivity index (χ2n) is 6.02. The largest absolute Gasteiger partial charge is 0.494 e. The average Bonchev–Trinajstić information content (AvgIpc) is 2.56. The number of nitrogens with one attached hydrogen (secondary N) is 1. The van der Waals surface area contributed by atoms with Gasteiger partial charge >= 0.3 is 6.03 Å². The Morgan fingerprint density at radius 1 is 1.23 bits per heavy atom. The van der Waals surface area contributed by atoms with Crippen LogP contribution in [0.3, 0.4) is 0 Å². The van der Waals surface area contributed by atoms with E-state index in [0.717, 1.165) is 31.1 Å². The van der Waals surface area contributed by atoms with Crippen LogP contribution in [0.25, 0.3) is 0 Å². The SMILES string of the molecule is CCOc1ccc(NC(=O)N2CCN3CCCC[C@@H]3C2)cc1. The van der Waals surface area contributed by atoms with Crippen molar-refractivity contribution < 1.29 is 9.53 Å². The first-order valence-electron chi connectivity index (χ1n) is 8.29. The van der Waals surface area contributed by atoms with Crippen molar-refractivity contribution >= 4 is 11.7 Å². The maximum atomic E-state index is 12.4. The summed E-state index contributed by atoms with van der Waals surface area (Å²) in [6.07, 6.45) is 3.80. The molecule has 2 fully saturated rings. The van der Waals surface area contributed by atoms with Gasteiger partial charge in [-0.2, -0.15) is 0 Å². The summed E-state index contributed by atoms with van der Waals surface area (Å²) in [6.45, 7) is 6.47. The Morgan fingerprint density at radius 3 is 2.82 bits per heavy atom. The Morgan fingerprint density at radius 2 is 2.05 bits per heavy atom. The molecule has 0 radical (unpaired) electrons. The van der Waals surface area contributed by atoms with Crippen molar-refractivity contribution in [2.45, 2.75) is 32.2 Å². The summed E-state index contributed by atoms with van der Waals surface area (Å²) in [5.41, 5.74) is 0.819. The standard InChI is InChI=1S/C17H25N3O2/c1-2-22-16-8-6-14(7-9-16)18-17(21)20-12-11-19-10-4-3-5-15(19)13-20/h6-9,15H,2-5,10-13H2,1H3,(H,18,21)/t15-/m1/s1. The van der Waals surface area contributed by atoms with E-state index in [4.69, 9.17) is 4.74 Å². The number of carbonyl (C=O) groups is 1. The van der Waals surface area contributed by atoms with E-state index in [1.165, 1.54) is 25.8 Å². The van der Waals surface area contributed by atoms with Crippen molar-refractivity contribution in [1.29, 1.82) is 0 Å². The summed E-state index contributed by atoms with van der Waals surface area (Å²) in [5.74, 6) is 0.830. The fraction of sp³-hybridized carbons (Fsp3) is 0.588. The summed E-state index contributed by atoms with van der Waals surface area (Å²) >= 11 is 0. The number of rotatable bonds is 3. The van der Waals surface area contributed by atoms with E-state index in [-0.39, 0.29) is 6.03 Å². The van der Waals surface area contributed by atoms with Crippen molar-refractivity contribution in [1.82, 2.24) is 9.80 Å². The minimum atomic E-state index is 0.00869. The van der Waals surface area contributed by atoms with Gasteiger partial charge in [0.25, 0.3) is 0 Å². The Bertz CT molecular complexity index is 503. The Kier molecular flexibility index (Phi) is 4.83. The predicted molar refractivity (Wildman–Crippen MR) is 87.4 cm³/mol. The number of piperidine rings is 1. The number of fused-ring (bicyclic) bond motifs is 1. The lowest BCUT2D eigenvalue weighted by atomic mass is 10.00. The molecule has 0 saturated carbocycles. The van der Waals surface area contributed by atoms with Crippen molar-refractivity contribution in [3.8, 4) is 5.75 Å². The molecule has 5 heteroatoms. The van der Waals surface area contributed by atoms with E-state index in [1.807, 2.05) is 36.1 Å². The molecule has 5 nitrogen and oxygen atoms in total. The number of carbonyl (C=O) groups excluding carboxylic acids is 1. The number of hydrogen-bond donors (Lipinski definition) is 1. The molecule has 2 aliphatic rings. The molecule has 1 aromatic carbocycles. The third-order valence-electron chi connectivity index (χ3n) is 4.54. The van der Waals surface area contributed by atoms with Crippen LogP contribution < -0.4 is 10.1 Å². The van der Waals surface area contributed by atoms with Crippen LogP contribution in [0.15, 0.2) is 24.3 Å². The van der Waals surface area contributed by atoms with E-state index in [9.17, 15) is 4.79 Å². The average molecular weight is 303 g/mol. The summed E-state index contributed by atoms with van der Waals surface area (Å²) in [6, 6.07) is 8.11. The number of nitrogens with zero attached hydrogens (tertiary/aromatic N) is 2. The van der Waals surface area contributed by atoms with Gasteiger partial charge in [0.15, 0.2) is 0 Å². The van der Waals surface area contributed by atoms with E-state index in [0.29, 0.717) is 12.6 Å². The molecule has 120 valence electrons. The second-order valence-corrected chi connectivity index (χ2v) is 6.02. The highest BCUT2D eigenvalue weighted by Gasteiger charge is 2.30. The van der Waals surface area contributed by atoms with E-state index < -0.39 is 0 Å². The lowest BCUT2D eigenvalue weighted by Crippen LogP contribution is -2.56. The maximum Gasteiger partial charge on any atom is 0.321 e. The molecule has 2 aliphatic heterocycles. The highest BCUT2D eigenvalue weighted by molar-refractivity contribution is 5.89. The lowest BCUT2D eigenvalue weighted by molar-refractivity contribution is 0.0678. The number of anilines is 1. The van der Waals surface area contributed by atoms with Crippen LogP contribution in [0.2, 0.25) is 0 Å². The molecule has 2 heterocycles. The summed E-state index contributed by atoms with van der Waals surface area (Å²) < 4.78 is 5.41. The Hall–Kier alpha value is -1.75. The van der Waals surface area contributed by atoms with Crippen LogP contribution in [-0.4, -0.2) is 54.7 Å². The van der Waals surface area contributed by atoms with Gasteiger partial charge in [-0.1, -0.05) is 6.42 Å². The number of piperazine rings is 1. The Balaban J connectivity index is 1.55. The van der Waals surface area contributed by atoms with Gasteiger partial charge < -0.3 is 15.0 Å². The van der Waals surface area contributed by atoms with Crippen LogP contribution in [0.5, 0.6) is 5.75 Å². The summed E-state index contributed by atoms with van der Waals surface area (Å²) in [4.78, 5) is 16.9. The highest BCUT2D eigenvalue weighted by Crippen LogP contribution is 2.22. The number of benzene rings is 1.